The number of thiazole rings is 1. The lowest BCUT2D eigenvalue weighted by Crippen LogP contribution is -2.09. The van der Waals surface area contributed by atoms with E-state index in [0.717, 1.165) is 36.2 Å². The quantitative estimate of drug-likeness (QED) is 0.203. The molecule has 2 aromatic carbocycles. The molecule has 0 aliphatic rings. The number of benzene rings is 2. The number of hydrogen-bond acceptors (Lipinski definition) is 7. The van der Waals surface area contributed by atoms with Crippen LogP contribution < -0.4 is 10.1 Å². The number of rotatable bonds is 9. The zero-order valence-electron chi connectivity index (χ0n) is 17.8. The first-order chi connectivity index (χ1) is 16.0. The molecular weight excluding hydrogens is 458 g/mol. The third-order valence-electron chi connectivity index (χ3n) is 4.81. The number of carbonyl (C=O) groups excluding carboxylic acids is 1. The van der Waals surface area contributed by atoms with Gasteiger partial charge in [0.15, 0.2) is 5.13 Å². The molecule has 0 aliphatic carbocycles. The molecule has 0 fully saturated rings. The molecule has 1 amide bonds. The van der Waals surface area contributed by atoms with E-state index in [-0.39, 0.29) is 9.88 Å². The van der Waals surface area contributed by atoms with Crippen LogP contribution in [0.25, 0.3) is 11.3 Å². The highest BCUT2D eigenvalue weighted by molar-refractivity contribution is 7.19. The van der Waals surface area contributed by atoms with Gasteiger partial charge in [-0.05, 0) is 36.6 Å². The lowest BCUT2D eigenvalue weighted by atomic mass is 10.1. The molecule has 0 saturated heterocycles. The topological polar surface area (TPSA) is 94.4 Å². The van der Waals surface area contributed by atoms with E-state index in [4.69, 9.17) is 4.74 Å². The molecule has 2 aromatic heterocycles. The van der Waals surface area contributed by atoms with Gasteiger partial charge < -0.3 is 4.74 Å². The van der Waals surface area contributed by atoms with Gasteiger partial charge in [0.2, 0.25) is 5.06 Å². The lowest BCUT2D eigenvalue weighted by molar-refractivity contribution is -0.380. The van der Waals surface area contributed by atoms with Crippen molar-refractivity contribution in [2.75, 3.05) is 5.32 Å². The Morgan fingerprint density at radius 3 is 2.48 bits per heavy atom. The normalized spacial score (nSPS) is 10.7. The van der Waals surface area contributed by atoms with Crippen molar-refractivity contribution in [3.8, 4) is 22.1 Å². The summed E-state index contributed by atoms with van der Waals surface area (Å²) in [6.45, 7) is 2.17. The molecule has 0 aliphatic heterocycles. The van der Waals surface area contributed by atoms with Gasteiger partial charge in [-0.1, -0.05) is 78.5 Å². The van der Waals surface area contributed by atoms with E-state index in [0.29, 0.717) is 21.6 Å². The van der Waals surface area contributed by atoms with Crippen LogP contribution in [0.1, 0.15) is 35.0 Å². The summed E-state index contributed by atoms with van der Waals surface area (Å²) in [5.74, 6) is 0.211. The van der Waals surface area contributed by atoms with Crippen molar-refractivity contribution >= 4 is 38.7 Å². The number of carbonyl (C=O) groups is 1. The van der Waals surface area contributed by atoms with E-state index >= 15 is 0 Å². The maximum absolute atomic E-state index is 12.6. The van der Waals surface area contributed by atoms with Crippen LogP contribution in [0, 0.1) is 10.1 Å². The molecule has 0 unspecified atom stereocenters. The minimum Gasteiger partial charge on any atom is -0.444 e. The van der Waals surface area contributed by atoms with Crippen molar-refractivity contribution < 1.29 is 14.5 Å². The van der Waals surface area contributed by atoms with E-state index in [1.54, 1.807) is 0 Å². The number of hydrogen-bond donors (Lipinski definition) is 1. The predicted octanol–water partition coefficient (Wildman–Crippen LogP) is 7.17. The molecule has 2 heterocycles. The van der Waals surface area contributed by atoms with Gasteiger partial charge in [0.1, 0.15) is 11.4 Å². The van der Waals surface area contributed by atoms with Crippen LogP contribution in [0.2, 0.25) is 0 Å². The fraction of sp³-hybridized carbons (Fsp3) is 0.167. The van der Waals surface area contributed by atoms with E-state index < -0.39 is 10.8 Å². The van der Waals surface area contributed by atoms with E-state index in [9.17, 15) is 14.9 Å². The fourth-order valence-corrected chi connectivity index (χ4v) is 4.69. The molecule has 0 radical (unpaired) electrons. The molecule has 7 nitrogen and oxygen atoms in total. The van der Waals surface area contributed by atoms with Gasteiger partial charge in [0.25, 0.3) is 5.91 Å². The molecule has 1 N–H and O–H groups in total. The number of anilines is 1. The molecule has 4 aromatic rings. The largest absolute Gasteiger partial charge is 0.444 e. The summed E-state index contributed by atoms with van der Waals surface area (Å²) in [6, 6.07) is 20.3. The van der Waals surface area contributed by atoms with Crippen molar-refractivity contribution in [3.05, 3.63) is 87.3 Å². The second kappa shape index (κ2) is 10.4. The standard InChI is InChI=1S/C24H21N3O4S2/c1-2-3-7-16-10-12-17(13-11-16)21-23(31-18-8-5-4-6-9-18)33-24(25-21)26-22(28)19-14-15-20(32-19)27(29)30/h4-6,8-15H,2-3,7H2,1H3,(H,25,26,28). The Kier molecular flexibility index (Phi) is 7.11. The Labute approximate surface area is 198 Å². The van der Waals surface area contributed by atoms with Gasteiger partial charge in [-0.15, -0.1) is 0 Å². The van der Waals surface area contributed by atoms with Crippen molar-refractivity contribution in [1.82, 2.24) is 4.98 Å². The zero-order valence-corrected chi connectivity index (χ0v) is 19.4. The maximum atomic E-state index is 12.6. The number of unbranched alkanes of at least 4 members (excludes halogenated alkanes) is 1. The smallest absolute Gasteiger partial charge is 0.324 e. The highest BCUT2D eigenvalue weighted by Crippen LogP contribution is 2.41. The predicted molar refractivity (Wildman–Crippen MR) is 132 cm³/mol. The first-order valence-corrected chi connectivity index (χ1v) is 12.1. The van der Waals surface area contributed by atoms with Gasteiger partial charge in [0, 0.05) is 11.6 Å². The number of nitrogens with one attached hydrogen (secondary N) is 1. The van der Waals surface area contributed by atoms with Gasteiger partial charge in [-0.25, -0.2) is 4.98 Å². The molecule has 9 heteroatoms. The van der Waals surface area contributed by atoms with Crippen molar-refractivity contribution in [3.63, 3.8) is 0 Å². The molecule has 33 heavy (non-hydrogen) atoms. The summed E-state index contributed by atoms with van der Waals surface area (Å²) in [6.07, 6.45) is 3.30. The van der Waals surface area contributed by atoms with Crippen LogP contribution in [0.3, 0.4) is 0 Å². The summed E-state index contributed by atoms with van der Waals surface area (Å²) in [7, 11) is 0. The number of amides is 1. The number of aromatic nitrogens is 1. The van der Waals surface area contributed by atoms with Crippen LogP contribution in [-0.4, -0.2) is 15.8 Å². The van der Waals surface area contributed by atoms with E-state index in [1.807, 2.05) is 42.5 Å². The fourth-order valence-electron chi connectivity index (χ4n) is 3.12. The molecular formula is C24H21N3O4S2. The minimum absolute atomic E-state index is 0.0868. The van der Waals surface area contributed by atoms with Gasteiger partial charge in [-0.2, -0.15) is 0 Å². The Hall–Kier alpha value is -3.56. The molecule has 0 atom stereocenters. The maximum Gasteiger partial charge on any atom is 0.324 e. The zero-order chi connectivity index (χ0) is 23.2. The molecule has 168 valence electrons. The summed E-state index contributed by atoms with van der Waals surface area (Å²) in [5.41, 5.74) is 2.76. The van der Waals surface area contributed by atoms with Gasteiger partial charge in [0.05, 0.1) is 9.80 Å². The van der Waals surface area contributed by atoms with E-state index in [1.165, 1.54) is 29.0 Å². The molecule has 0 bridgehead atoms. The van der Waals surface area contributed by atoms with Crippen molar-refractivity contribution in [1.29, 1.82) is 0 Å². The number of thiophene rings is 1. The number of nitro groups is 1. The van der Waals surface area contributed by atoms with Crippen LogP contribution >= 0.6 is 22.7 Å². The van der Waals surface area contributed by atoms with Gasteiger partial charge >= 0.3 is 5.00 Å². The second-order valence-corrected chi connectivity index (χ2v) is 9.24. The van der Waals surface area contributed by atoms with Crippen LogP contribution in [0.5, 0.6) is 10.8 Å². The van der Waals surface area contributed by atoms with Crippen LogP contribution in [0.4, 0.5) is 10.1 Å². The minimum atomic E-state index is -0.515. The Bertz CT molecular complexity index is 1250. The Morgan fingerprint density at radius 2 is 1.82 bits per heavy atom. The average Bonchev–Trinajstić information content (AvgIpc) is 3.47. The summed E-state index contributed by atoms with van der Waals surface area (Å²) in [4.78, 5) is 27.9. The Balaban J connectivity index is 1.61. The third kappa shape index (κ3) is 5.63. The third-order valence-corrected chi connectivity index (χ3v) is 6.70. The van der Waals surface area contributed by atoms with E-state index in [2.05, 4.69) is 29.4 Å². The molecule has 4 rings (SSSR count). The number of ether oxygens (including phenoxy) is 1. The molecule has 0 spiro atoms. The number of nitrogens with zero attached hydrogens (tertiary/aromatic N) is 2. The summed E-state index contributed by atoms with van der Waals surface area (Å²) < 4.78 is 6.08. The molecule has 0 saturated carbocycles. The SMILES string of the molecule is CCCCc1ccc(-c2nc(NC(=O)c3ccc([N+](=O)[O-])s3)sc2Oc2ccccc2)cc1. The number of aryl methyl sites for hydroxylation is 1. The first kappa shape index (κ1) is 22.6. The lowest BCUT2D eigenvalue weighted by Gasteiger charge is -2.06. The van der Waals surface area contributed by atoms with Crippen molar-refractivity contribution in [2.24, 2.45) is 0 Å². The summed E-state index contributed by atoms with van der Waals surface area (Å²) >= 11 is 2.03. The highest BCUT2D eigenvalue weighted by Gasteiger charge is 2.20. The Morgan fingerprint density at radius 1 is 1.06 bits per heavy atom. The number of para-hydroxylation sites is 1. The second-order valence-electron chi connectivity index (χ2n) is 7.22. The average molecular weight is 480 g/mol. The van der Waals surface area contributed by atoms with Crippen LogP contribution in [-0.2, 0) is 6.42 Å². The highest BCUT2D eigenvalue weighted by atomic mass is 32.1. The van der Waals surface area contributed by atoms with Gasteiger partial charge in [-0.3, -0.25) is 20.2 Å². The first-order valence-electron chi connectivity index (χ1n) is 10.4. The van der Waals surface area contributed by atoms with Crippen LogP contribution in [0.15, 0.2) is 66.7 Å². The monoisotopic (exact) mass is 479 g/mol. The van der Waals surface area contributed by atoms with Crippen molar-refractivity contribution in [2.45, 2.75) is 26.2 Å². The summed E-state index contributed by atoms with van der Waals surface area (Å²) in [5, 5.41) is 14.5.